The maximum atomic E-state index is 12.0. The number of aryl methyl sites for hydroxylation is 1. The van der Waals surface area contributed by atoms with Gasteiger partial charge < -0.3 is 9.15 Å². The summed E-state index contributed by atoms with van der Waals surface area (Å²) in [6.07, 6.45) is 1.48. The molecule has 0 aliphatic carbocycles. The Hall–Kier alpha value is -2.95. The summed E-state index contributed by atoms with van der Waals surface area (Å²) in [6, 6.07) is 19.6. The second-order valence-electron chi connectivity index (χ2n) is 6.13. The predicted molar refractivity (Wildman–Crippen MR) is 102 cm³/mol. The van der Waals surface area contributed by atoms with Crippen molar-refractivity contribution in [3.63, 3.8) is 0 Å². The average molecular weight is 367 g/mol. The van der Waals surface area contributed by atoms with E-state index >= 15 is 0 Å². The molecule has 0 N–H and O–H groups in total. The molecule has 0 saturated heterocycles. The minimum atomic E-state index is -0.390. The van der Waals surface area contributed by atoms with Gasteiger partial charge in [0.25, 0.3) is 0 Å². The summed E-state index contributed by atoms with van der Waals surface area (Å²) < 4.78 is 23.1. The molecule has 3 rings (SSSR count). The van der Waals surface area contributed by atoms with Gasteiger partial charge in [0.15, 0.2) is 11.7 Å². The zero-order chi connectivity index (χ0) is 18.9. The van der Waals surface area contributed by atoms with Crippen LogP contribution in [0.15, 0.2) is 65.1 Å². The number of aromatic nitrogens is 1. The molecule has 3 aromatic rings. The van der Waals surface area contributed by atoms with Crippen LogP contribution in [0.4, 0.5) is 4.39 Å². The van der Waals surface area contributed by atoms with Gasteiger partial charge in [-0.3, -0.25) is 9.18 Å². The fraction of sp³-hybridized carbons (Fsp3) is 0.273. The molecule has 140 valence electrons. The van der Waals surface area contributed by atoms with Gasteiger partial charge in [-0.25, -0.2) is 4.98 Å². The number of hydrogen-bond donors (Lipinski definition) is 0. The SMILES string of the molecule is O=C(CCc1nc(-c2ccccc2)c(-c2ccccc2)o1)OCCCCF. The number of hydrogen-bond acceptors (Lipinski definition) is 4. The smallest absolute Gasteiger partial charge is 0.306 e. The summed E-state index contributed by atoms with van der Waals surface area (Å²) in [4.78, 5) is 16.4. The van der Waals surface area contributed by atoms with Crippen LogP contribution in [0.25, 0.3) is 22.6 Å². The Labute approximate surface area is 158 Å². The molecule has 0 aliphatic rings. The third-order valence-electron chi connectivity index (χ3n) is 4.09. The molecule has 0 bridgehead atoms. The van der Waals surface area contributed by atoms with Crippen molar-refractivity contribution in [1.82, 2.24) is 4.98 Å². The molecule has 0 fully saturated rings. The molecule has 0 amide bonds. The fourth-order valence-corrected chi connectivity index (χ4v) is 2.71. The minimum Gasteiger partial charge on any atom is -0.466 e. The first-order chi connectivity index (χ1) is 13.3. The second-order valence-corrected chi connectivity index (χ2v) is 6.13. The first-order valence-electron chi connectivity index (χ1n) is 9.10. The Kier molecular flexibility index (Phi) is 6.74. The monoisotopic (exact) mass is 367 g/mol. The van der Waals surface area contributed by atoms with Gasteiger partial charge in [0.05, 0.1) is 19.7 Å². The van der Waals surface area contributed by atoms with E-state index in [9.17, 15) is 9.18 Å². The number of rotatable bonds is 9. The van der Waals surface area contributed by atoms with Gasteiger partial charge in [-0.15, -0.1) is 0 Å². The van der Waals surface area contributed by atoms with Crippen LogP contribution in [0.1, 0.15) is 25.2 Å². The van der Waals surface area contributed by atoms with Crippen LogP contribution in [0.2, 0.25) is 0 Å². The fourth-order valence-electron chi connectivity index (χ4n) is 2.71. The number of ether oxygens (including phenoxy) is 1. The van der Waals surface area contributed by atoms with E-state index in [0.29, 0.717) is 30.9 Å². The normalized spacial score (nSPS) is 10.7. The van der Waals surface area contributed by atoms with Crippen LogP contribution in [0.3, 0.4) is 0 Å². The van der Waals surface area contributed by atoms with Crippen molar-refractivity contribution >= 4 is 5.97 Å². The van der Waals surface area contributed by atoms with Crippen LogP contribution in [-0.4, -0.2) is 24.2 Å². The zero-order valence-corrected chi connectivity index (χ0v) is 15.1. The van der Waals surface area contributed by atoms with E-state index in [1.807, 2.05) is 60.7 Å². The highest BCUT2D eigenvalue weighted by atomic mass is 19.1. The molecule has 2 aromatic carbocycles. The number of halogens is 1. The quantitative estimate of drug-likeness (QED) is 0.384. The van der Waals surface area contributed by atoms with E-state index in [-0.39, 0.29) is 19.0 Å². The lowest BCUT2D eigenvalue weighted by molar-refractivity contribution is -0.143. The third kappa shape index (κ3) is 5.26. The Morgan fingerprint density at radius 1 is 0.963 bits per heavy atom. The van der Waals surface area contributed by atoms with Gasteiger partial charge in [0.1, 0.15) is 5.69 Å². The van der Waals surface area contributed by atoms with E-state index in [2.05, 4.69) is 4.98 Å². The highest BCUT2D eigenvalue weighted by molar-refractivity contribution is 5.77. The molecule has 0 unspecified atom stereocenters. The van der Waals surface area contributed by atoms with Crippen LogP contribution < -0.4 is 0 Å². The van der Waals surface area contributed by atoms with Crippen molar-refractivity contribution in [3.8, 4) is 22.6 Å². The molecular weight excluding hydrogens is 345 g/mol. The van der Waals surface area contributed by atoms with Crippen LogP contribution >= 0.6 is 0 Å². The van der Waals surface area contributed by atoms with Crippen molar-refractivity contribution in [2.24, 2.45) is 0 Å². The summed E-state index contributed by atoms with van der Waals surface area (Å²) >= 11 is 0. The van der Waals surface area contributed by atoms with Crippen molar-refractivity contribution in [3.05, 3.63) is 66.6 Å². The van der Waals surface area contributed by atoms with Crippen LogP contribution in [0, 0.1) is 0 Å². The number of esters is 1. The summed E-state index contributed by atoms with van der Waals surface area (Å²) in [5, 5.41) is 0. The van der Waals surface area contributed by atoms with Crippen LogP contribution in [-0.2, 0) is 16.0 Å². The van der Waals surface area contributed by atoms with Crippen molar-refractivity contribution in [1.29, 1.82) is 0 Å². The van der Waals surface area contributed by atoms with Crippen LogP contribution in [0.5, 0.6) is 0 Å². The lowest BCUT2D eigenvalue weighted by Crippen LogP contribution is -2.07. The molecule has 1 aromatic heterocycles. The Bertz CT molecular complexity index is 790. The number of oxazole rings is 1. The standard InChI is InChI=1S/C22H22FNO3/c23-15-7-8-16-26-20(25)14-13-19-24-21(17-9-3-1-4-10-17)22(27-19)18-11-5-2-6-12-18/h1-6,9-12H,7-8,13-16H2. The van der Waals surface area contributed by atoms with Gasteiger partial charge in [0.2, 0.25) is 0 Å². The first-order valence-corrected chi connectivity index (χ1v) is 9.10. The first kappa shape index (κ1) is 18.8. The average Bonchev–Trinajstić information content (AvgIpc) is 3.15. The van der Waals surface area contributed by atoms with E-state index < -0.39 is 6.67 Å². The van der Waals surface area contributed by atoms with E-state index in [4.69, 9.17) is 9.15 Å². The number of unbranched alkanes of at least 4 members (excludes halogenated alkanes) is 1. The largest absolute Gasteiger partial charge is 0.466 e. The van der Waals surface area contributed by atoms with Gasteiger partial charge in [-0.05, 0) is 12.8 Å². The molecular formula is C22H22FNO3. The second kappa shape index (κ2) is 9.67. The summed E-state index contributed by atoms with van der Waals surface area (Å²) in [7, 11) is 0. The zero-order valence-electron chi connectivity index (χ0n) is 15.1. The molecule has 0 aliphatic heterocycles. The number of alkyl halides is 1. The highest BCUT2D eigenvalue weighted by Gasteiger charge is 2.17. The van der Waals surface area contributed by atoms with E-state index in [1.165, 1.54) is 0 Å². The molecule has 1 heterocycles. The number of carbonyl (C=O) groups is 1. The maximum Gasteiger partial charge on any atom is 0.306 e. The molecule has 0 spiro atoms. The van der Waals surface area contributed by atoms with Crippen molar-refractivity contribution < 1.29 is 18.3 Å². The molecule has 27 heavy (non-hydrogen) atoms. The van der Waals surface area contributed by atoms with Gasteiger partial charge >= 0.3 is 5.97 Å². The van der Waals surface area contributed by atoms with Crippen molar-refractivity contribution in [2.75, 3.05) is 13.3 Å². The van der Waals surface area contributed by atoms with E-state index in [1.54, 1.807) is 0 Å². The summed E-state index contributed by atoms with van der Waals surface area (Å²) in [5.41, 5.74) is 2.65. The third-order valence-corrected chi connectivity index (χ3v) is 4.09. The van der Waals surface area contributed by atoms with E-state index in [0.717, 1.165) is 16.8 Å². The maximum absolute atomic E-state index is 12.0. The predicted octanol–water partition coefficient (Wildman–Crippen LogP) is 5.23. The van der Waals surface area contributed by atoms with Gasteiger partial charge in [0, 0.05) is 17.5 Å². The van der Waals surface area contributed by atoms with Gasteiger partial charge in [-0.1, -0.05) is 60.7 Å². The number of nitrogens with zero attached hydrogens (tertiary/aromatic N) is 1. The number of benzene rings is 2. The summed E-state index contributed by atoms with van der Waals surface area (Å²) in [5.74, 6) is 0.858. The lowest BCUT2D eigenvalue weighted by atomic mass is 10.1. The Morgan fingerprint density at radius 2 is 1.63 bits per heavy atom. The lowest BCUT2D eigenvalue weighted by Gasteiger charge is -2.02. The van der Waals surface area contributed by atoms with Gasteiger partial charge in [-0.2, -0.15) is 0 Å². The number of carbonyl (C=O) groups excluding carboxylic acids is 1. The topological polar surface area (TPSA) is 52.3 Å². The molecule has 5 heteroatoms. The Morgan fingerprint density at radius 3 is 2.30 bits per heavy atom. The minimum absolute atomic E-state index is 0.179. The highest BCUT2D eigenvalue weighted by Crippen LogP contribution is 2.32. The summed E-state index contributed by atoms with van der Waals surface area (Å²) in [6.45, 7) is -0.142. The molecule has 0 radical (unpaired) electrons. The molecule has 0 atom stereocenters. The molecule has 4 nitrogen and oxygen atoms in total. The Balaban J connectivity index is 1.73. The molecule has 0 saturated carbocycles. The van der Waals surface area contributed by atoms with Crippen molar-refractivity contribution in [2.45, 2.75) is 25.7 Å².